The van der Waals surface area contributed by atoms with Crippen molar-refractivity contribution in [3.05, 3.63) is 119 Å². The average Bonchev–Trinajstić information content (AvgIpc) is 3.39. The topological polar surface area (TPSA) is 55.1 Å². The molecule has 0 unspecified atom stereocenters. The van der Waals surface area contributed by atoms with E-state index in [2.05, 4.69) is 43.0 Å². The molecule has 4 rings (SSSR count). The fourth-order valence-corrected chi connectivity index (χ4v) is 4.48. The number of benzene rings is 3. The summed E-state index contributed by atoms with van der Waals surface area (Å²) in [6.45, 7) is 6.73. The Morgan fingerprint density at radius 1 is 0.750 bits per heavy atom. The highest BCUT2D eigenvalue weighted by Gasteiger charge is 2.37. The van der Waals surface area contributed by atoms with Gasteiger partial charge in [-0.3, -0.25) is 4.90 Å². The SMILES string of the molecule is CCCN(Cc1ccc(C)cc1)Cc1ccc(C(O)(c2ccc(OC)cc2)c2ccc(OC)cc2)o1. The van der Waals surface area contributed by atoms with Gasteiger partial charge in [0.25, 0.3) is 0 Å². The summed E-state index contributed by atoms with van der Waals surface area (Å²) >= 11 is 0. The second kappa shape index (κ2) is 11.5. The Morgan fingerprint density at radius 2 is 1.31 bits per heavy atom. The van der Waals surface area contributed by atoms with Gasteiger partial charge >= 0.3 is 0 Å². The van der Waals surface area contributed by atoms with Crippen LogP contribution in [0.1, 0.15) is 47.1 Å². The maximum Gasteiger partial charge on any atom is 0.173 e. The molecule has 0 radical (unpaired) electrons. The maximum atomic E-state index is 12.2. The summed E-state index contributed by atoms with van der Waals surface area (Å²) in [6, 6.07) is 27.3. The number of hydrogen-bond acceptors (Lipinski definition) is 5. The molecule has 4 aromatic rings. The first-order valence-corrected chi connectivity index (χ1v) is 12.3. The molecule has 5 heteroatoms. The van der Waals surface area contributed by atoms with Crippen LogP contribution < -0.4 is 9.47 Å². The third-order valence-electron chi connectivity index (χ3n) is 6.48. The molecule has 0 fully saturated rings. The van der Waals surface area contributed by atoms with Crippen LogP contribution in [0.15, 0.2) is 89.3 Å². The van der Waals surface area contributed by atoms with Gasteiger partial charge in [0, 0.05) is 6.54 Å². The predicted molar refractivity (Wildman–Crippen MR) is 142 cm³/mol. The molecule has 0 spiro atoms. The van der Waals surface area contributed by atoms with Gasteiger partial charge in [-0.1, -0.05) is 61.0 Å². The van der Waals surface area contributed by atoms with Crippen molar-refractivity contribution >= 4 is 0 Å². The first-order chi connectivity index (χ1) is 17.5. The molecule has 0 atom stereocenters. The van der Waals surface area contributed by atoms with Crippen LogP contribution in [0.3, 0.4) is 0 Å². The van der Waals surface area contributed by atoms with Crippen LogP contribution in [0.5, 0.6) is 11.5 Å². The van der Waals surface area contributed by atoms with Crippen LogP contribution in [0.2, 0.25) is 0 Å². The fourth-order valence-electron chi connectivity index (χ4n) is 4.48. The van der Waals surface area contributed by atoms with Crippen LogP contribution in [-0.2, 0) is 18.7 Å². The van der Waals surface area contributed by atoms with Crippen molar-refractivity contribution in [2.45, 2.75) is 39.0 Å². The average molecular weight is 486 g/mol. The zero-order valence-electron chi connectivity index (χ0n) is 21.5. The normalized spacial score (nSPS) is 11.6. The van der Waals surface area contributed by atoms with Gasteiger partial charge in [0.05, 0.1) is 20.8 Å². The molecule has 5 nitrogen and oxygen atoms in total. The van der Waals surface area contributed by atoms with Crippen molar-refractivity contribution < 1.29 is 19.0 Å². The molecule has 0 aliphatic rings. The number of hydrogen-bond donors (Lipinski definition) is 1. The van der Waals surface area contributed by atoms with E-state index >= 15 is 0 Å². The highest BCUT2D eigenvalue weighted by Crippen LogP contribution is 2.39. The van der Waals surface area contributed by atoms with Crippen molar-refractivity contribution in [1.29, 1.82) is 0 Å². The molecule has 0 aliphatic heterocycles. The number of methoxy groups -OCH3 is 2. The molecule has 188 valence electrons. The number of aryl methyl sites for hydroxylation is 1. The zero-order chi connectivity index (χ0) is 25.5. The number of aliphatic hydroxyl groups is 1. The first kappa shape index (κ1) is 25.5. The van der Waals surface area contributed by atoms with E-state index in [1.165, 1.54) is 11.1 Å². The van der Waals surface area contributed by atoms with Gasteiger partial charge in [-0.05, 0) is 73.0 Å². The van der Waals surface area contributed by atoms with E-state index in [0.717, 1.165) is 36.8 Å². The molecule has 0 saturated carbocycles. The number of rotatable bonds is 11. The van der Waals surface area contributed by atoms with Crippen molar-refractivity contribution in [2.24, 2.45) is 0 Å². The van der Waals surface area contributed by atoms with E-state index in [0.29, 0.717) is 23.4 Å². The summed E-state index contributed by atoms with van der Waals surface area (Å²) in [4.78, 5) is 2.37. The Bertz CT molecular complexity index is 1180. The lowest BCUT2D eigenvalue weighted by Gasteiger charge is -2.28. The van der Waals surface area contributed by atoms with Gasteiger partial charge in [-0.25, -0.2) is 0 Å². The predicted octanol–water partition coefficient (Wildman–Crippen LogP) is 6.30. The quantitative estimate of drug-likeness (QED) is 0.270. The van der Waals surface area contributed by atoms with E-state index in [4.69, 9.17) is 13.9 Å². The summed E-state index contributed by atoms with van der Waals surface area (Å²) in [5, 5.41) is 12.2. The summed E-state index contributed by atoms with van der Waals surface area (Å²) in [6.07, 6.45) is 1.04. The minimum absolute atomic E-state index is 0.472. The summed E-state index contributed by atoms with van der Waals surface area (Å²) < 4.78 is 17.0. The highest BCUT2D eigenvalue weighted by atomic mass is 16.5. The van der Waals surface area contributed by atoms with Gasteiger partial charge in [0.1, 0.15) is 23.0 Å². The molecule has 1 heterocycles. The van der Waals surface area contributed by atoms with Crippen LogP contribution in [0.4, 0.5) is 0 Å². The zero-order valence-corrected chi connectivity index (χ0v) is 21.5. The molecule has 0 bridgehead atoms. The van der Waals surface area contributed by atoms with E-state index in [1.54, 1.807) is 14.2 Å². The van der Waals surface area contributed by atoms with Gasteiger partial charge in [0.15, 0.2) is 5.60 Å². The van der Waals surface area contributed by atoms with Gasteiger partial charge in [0.2, 0.25) is 0 Å². The lowest BCUT2D eigenvalue weighted by molar-refractivity contribution is 0.0951. The summed E-state index contributed by atoms with van der Waals surface area (Å²) in [5.41, 5.74) is 2.45. The Hall–Kier alpha value is -3.54. The Labute approximate surface area is 213 Å². The van der Waals surface area contributed by atoms with E-state index < -0.39 is 5.60 Å². The molecular formula is C31H35NO4. The Balaban J connectivity index is 1.65. The van der Waals surface area contributed by atoms with Gasteiger partial charge in [-0.15, -0.1) is 0 Å². The summed E-state index contributed by atoms with van der Waals surface area (Å²) in [5.74, 6) is 2.73. The van der Waals surface area contributed by atoms with Crippen molar-refractivity contribution in [3.63, 3.8) is 0 Å². The van der Waals surface area contributed by atoms with Gasteiger partial charge in [-0.2, -0.15) is 0 Å². The molecule has 3 aromatic carbocycles. The second-order valence-electron chi connectivity index (χ2n) is 9.13. The van der Waals surface area contributed by atoms with Crippen LogP contribution in [-0.4, -0.2) is 30.8 Å². The fraction of sp³-hybridized carbons (Fsp3) is 0.290. The highest BCUT2D eigenvalue weighted by molar-refractivity contribution is 5.46. The second-order valence-corrected chi connectivity index (χ2v) is 9.13. The monoisotopic (exact) mass is 485 g/mol. The summed E-state index contributed by atoms with van der Waals surface area (Å²) in [7, 11) is 3.25. The standard InChI is InChI=1S/C31H35NO4/c1-5-20-32(21-24-8-6-23(2)7-9-24)22-29-18-19-30(36-29)31(33,25-10-14-27(34-3)15-11-25)26-12-16-28(35-4)17-13-26/h6-19,33H,5,20-22H2,1-4H3. The van der Waals surface area contributed by atoms with Crippen molar-refractivity contribution in [2.75, 3.05) is 20.8 Å². The molecule has 0 saturated heterocycles. The third-order valence-corrected chi connectivity index (χ3v) is 6.48. The van der Waals surface area contributed by atoms with Crippen LogP contribution >= 0.6 is 0 Å². The third kappa shape index (κ3) is 5.64. The Kier molecular flexibility index (Phi) is 8.14. The van der Waals surface area contributed by atoms with Crippen LogP contribution in [0.25, 0.3) is 0 Å². The minimum atomic E-state index is -1.47. The molecule has 1 N–H and O–H groups in total. The van der Waals surface area contributed by atoms with E-state index in [1.807, 2.05) is 60.7 Å². The van der Waals surface area contributed by atoms with Gasteiger partial charge < -0.3 is 19.0 Å². The van der Waals surface area contributed by atoms with Crippen molar-refractivity contribution in [1.82, 2.24) is 4.90 Å². The molecule has 1 aromatic heterocycles. The van der Waals surface area contributed by atoms with Crippen molar-refractivity contribution in [3.8, 4) is 11.5 Å². The van der Waals surface area contributed by atoms with Crippen LogP contribution in [0, 0.1) is 6.92 Å². The number of nitrogens with zero attached hydrogens (tertiary/aromatic N) is 1. The van der Waals surface area contributed by atoms with E-state index in [9.17, 15) is 5.11 Å². The smallest absolute Gasteiger partial charge is 0.173 e. The first-order valence-electron chi connectivity index (χ1n) is 12.3. The lowest BCUT2D eigenvalue weighted by atomic mass is 9.84. The molecule has 0 aliphatic carbocycles. The van der Waals surface area contributed by atoms with E-state index in [-0.39, 0.29) is 0 Å². The molecule has 0 amide bonds. The maximum absolute atomic E-state index is 12.2. The molecular weight excluding hydrogens is 450 g/mol. The largest absolute Gasteiger partial charge is 0.497 e. The minimum Gasteiger partial charge on any atom is -0.497 e. The lowest BCUT2D eigenvalue weighted by Crippen LogP contribution is -2.28. The molecule has 36 heavy (non-hydrogen) atoms. The number of furan rings is 1. The Morgan fingerprint density at radius 3 is 1.81 bits per heavy atom. The number of ether oxygens (including phenoxy) is 2.